The number of nitrogens with one attached hydrogen (secondary N) is 1. The lowest BCUT2D eigenvalue weighted by atomic mass is 10.1. The number of rotatable bonds is 12. The minimum absolute atomic E-state index is 0.114. The lowest BCUT2D eigenvalue weighted by Gasteiger charge is -2.18. The first-order chi connectivity index (χ1) is 16.6. The average molecular weight is 466 g/mol. The number of amides is 1. The second-order valence-electron chi connectivity index (χ2n) is 7.53. The van der Waals surface area contributed by atoms with E-state index in [1.54, 1.807) is 34.5 Å². The molecule has 0 aliphatic rings. The second kappa shape index (κ2) is 12.4. The summed E-state index contributed by atoms with van der Waals surface area (Å²) in [6, 6.07) is 19.1. The van der Waals surface area contributed by atoms with E-state index in [1.165, 1.54) is 0 Å². The van der Waals surface area contributed by atoms with E-state index in [-0.39, 0.29) is 12.3 Å². The normalized spacial score (nSPS) is 10.4. The first-order valence-corrected chi connectivity index (χ1v) is 11.0. The monoisotopic (exact) mass is 465 g/mol. The van der Waals surface area contributed by atoms with Crippen LogP contribution in [0.4, 0.5) is 0 Å². The van der Waals surface area contributed by atoms with Crippen molar-refractivity contribution in [1.29, 1.82) is 0 Å². The molecule has 0 aromatic heterocycles. The molecule has 0 saturated carbocycles. The summed E-state index contributed by atoms with van der Waals surface area (Å²) in [5, 5.41) is 2.97. The van der Waals surface area contributed by atoms with Gasteiger partial charge in [0.05, 0.1) is 34.9 Å². The zero-order valence-electron chi connectivity index (χ0n) is 20.1. The zero-order chi connectivity index (χ0) is 24.3. The van der Waals surface area contributed by atoms with E-state index < -0.39 is 0 Å². The van der Waals surface area contributed by atoms with Gasteiger partial charge in [0, 0.05) is 12.1 Å². The van der Waals surface area contributed by atoms with Gasteiger partial charge in [-0.05, 0) is 35.7 Å². The summed E-state index contributed by atoms with van der Waals surface area (Å²) < 4.78 is 27.7. The van der Waals surface area contributed by atoms with Crippen molar-refractivity contribution < 1.29 is 28.5 Å². The van der Waals surface area contributed by atoms with Crippen molar-refractivity contribution in [3.05, 3.63) is 77.4 Å². The van der Waals surface area contributed by atoms with Crippen molar-refractivity contribution in [3.8, 4) is 28.7 Å². The molecule has 0 aliphatic heterocycles. The van der Waals surface area contributed by atoms with Crippen LogP contribution in [0.1, 0.15) is 16.7 Å². The Hall–Kier alpha value is -3.87. The molecule has 180 valence electrons. The van der Waals surface area contributed by atoms with Crippen molar-refractivity contribution in [2.45, 2.75) is 19.4 Å². The molecule has 7 heteroatoms. The SMILES string of the molecule is COc1ccc(CCNC(=O)Cc2ccc(OC)c(OC)c2OCc2ccccc2)cc1OC. The Balaban J connectivity index is 1.67. The molecular formula is C27H31NO6. The number of hydrogen-bond donors (Lipinski definition) is 1. The van der Waals surface area contributed by atoms with E-state index in [0.29, 0.717) is 48.3 Å². The van der Waals surface area contributed by atoms with Crippen LogP contribution in [0, 0.1) is 0 Å². The summed E-state index contributed by atoms with van der Waals surface area (Å²) in [6.45, 7) is 0.833. The van der Waals surface area contributed by atoms with Gasteiger partial charge in [-0.25, -0.2) is 0 Å². The fourth-order valence-electron chi connectivity index (χ4n) is 3.58. The molecule has 7 nitrogen and oxygen atoms in total. The Morgan fingerprint density at radius 2 is 1.44 bits per heavy atom. The van der Waals surface area contributed by atoms with Crippen LogP contribution in [0.15, 0.2) is 60.7 Å². The van der Waals surface area contributed by atoms with Crippen LogP contribution in [0.25, 0.3) is 0 Å². The van der Waals surface area contributed by atoms with Crippen molar-refractivity contribution in [2.24, 2.45) is 0 Å². The summed E-state index contributed by atoms with van der Waals surface area (Å²) in [6.07, 6.45) is 0.811. The van der Waals surface area contributed by atoms with Crippen LogP contribution in [0.2, 0.25) is 0 Å². The molecule has 0 radical (unpaired) electrons. The van der Waals surface area contributed by atoms with E-state index in [1.807, 2.05) is 54.6 Å². The molecule has 0 heterocycles. The van der Waals surface area contributed by atoms with Crippen LogP contribution in [0.3, 0.4) is 0 Å². The second-order valence-corrected chi connectivity index (χ2v) is 7.53. The number of methoxy groups -OCH3 is 4. The van der Waals surface area contributed by atoms with Gasteiger partial charge in [0.25, 0.3) is 0 Å². The van der Waals surface area contributed by atoms with Gasteiger partial charge in [0.2, 0.25) is 11.7 Å². The summed E-state index contributed by atoms with van der Waals surface area (Å²) in [5.41, 5.74) is 2.77. The van der Waals surface area contributed by atoms with Crippen molar-refractivity contribution in [2.75, 3.05) is 35.0 Å². The zero-order valence-corrected chi connectivity index (χ0v) is 20.1. The van der Waals surface area contributed by atoms with Gasteiger partial charge >= 0.3 is 0 Å². The number of ether oxygens (including phenoxy) is 5. The van der Waals surface area contributed by atoms with E-state index in [9.17, 15) is 4.79 Å². The van der Waals surface area contributed by atoms with Crippen LogP contribution in [-0.2, 0) is 24.2 Å². The predicted octanol–water partition coefficient (Wildman–Crippen LogP) is 4.20. The van der Waals surface area contributed by atoms with Gasteiger partial charge in [-0.15, -0.1) is 0 Å². The number of carbonyl (C=O) groups excluding carboxylic acids is 1. The molecular weight excluding hydrogens is 434 g/mol. The highest BCUT2D eigenvalue weighted by Gasteiger charge is 2.19. The Morgan fingerprint density at radius 3 is 2.12 bits per heavy atom. The molecule has 0 saturated heterocycles. The van der Waals surface area contributed by atoms with E-state index in [0.717, 1.165) is 16.7 Å². The molecule has 1 amide bonds. The summed E-state index contributed by atoms with van der Waals surface area (Å²) in [4.78, 5) is 12.7. The fourth-order valence-corrected chi connectivity index (χ4v) is 3.58. The number of carbonyl (C=O) groups is 1. The van der Waals surface area contributed by atoms with Crippen molar-refractivity contribution in [1.82, 2.24) is 5.32 Å². The molecule has 0 unspecified atom stereocenters. The summed E-state index contributed by atoms with van der Waals surface area (Å²) in [5.74, 6) is 2.74. The van der Waals surface area contributed by atoms with Gasteiger partial charge < -0.3 is 29.0 Å². The standard InChI is InChI=1S/C27H31NO6/c1-30-22-12-10-19(16-24(22)32-3)14-15-28-25(29)17-21-11-13-23(31-2)27(33-4)26(21)34-18-20-8-6-5-7-9-20/h5-13,16H,14-15,17-18H2,1-4H3,(H,28,29). The first kappa shape index (κ1) is 24.8. The highest BCUT2D eigenvalue weighted by molar-refractivity contribution is 5.80. The van der Waals surface area contributed by atoms with Crippen LogP contribution >= 0.6 is 0 Å². The molecule has 1 N–H and O–H groups in total. The average Bonchev–Trinajstić information content (AvgIpc) is 2.87. The topological polar surface area (TPSA) is 75.3 Å². The maximum atomic E-state index is 12.7. The molecule has 0 atom stereocenters. The lowest BCUT2D eigenvalue weighted by Crippen LogP contribution is -2.27. The lowest BCUT2D eigenvalue weighted by molar-refractivity contribution is -0.120. The molecule has 0 fully saturated rings. The van der Waals surface area contributed by atoms with E-state index >= 15 is 0 Å². The maximum Gasteiger partial charge on any atom is 0.224 e. The van der Waals surface area contributed by atoms with Gasteiger partial charge in [0.15, 0.2) is 23.0 Å². The molecule has 3 rings (SSSR count). The summed E-state index contributed by atoms with van der Waals surface area (Å²) >= 11 is 0. The van der Waals surface area contributed by atoms with E-state index in [4.69, 9.17) is 23.7 Å². The third-order valence-corrected chi connectivity index (χ3v) is 5.34. The minimum Gasteiger partial charge on any atom is -0.493 e. The van der Waals surface area contributed by atoms with Gasteiger partial charge in [-0.3, -0.25) is 4.79 Å². The molecule has 0 spiro atoms. The van der Waals surface area contributed by atoms with E-state index in [2.05, 4.69) is 5.32 Å². The van der Waals surface area contributed by atoms with Gasteiger partial charge in [-0.1, -0.05) is 42.5 Å². The maximum absolute atomic E-state index is 12.7. The molecule has 3 aromatic carbocycles. The van der Waals surface area contributed by atoms with Crippen LogP contribution in [0.5, 0.6) is 28.7 Å². The predicted molar refractivity (Wildman–Crippen MR) is 130 cm³/mol. The molecule has 0 aliphatic carbocycles. The Kier molecular flexibility index (Phi) is 9.03. The molecule has 0 bridgehead atoms. The highest BCUT2D eigenvalue weighted by atomic mass is 16.5. The largest absolute Gasteiger partial charge is 0.493 e. The Morgan fingerprint density at radius 1 is 0.735 bits per heavy atom. The minimum atomic E-state index is -0.114. The first-order valence-electron chi connectivity index (χ1n) is 11.0. The number of benzene rings is 3. The quantitative estimate of drug-likeness (QED) is 0.432. The van der Waals surface area contributed by atoms with Crippen LogP contribution < -0.4 is 29.0 Å². The van der Waals surface area contributed by atoms with Gasteiger partial charge in [0.1, 0.15) is 6.61 Å². The van der Waals surface area contributed by atoms with Crippen molar-refractivity contribution >= 4 is 5.91 Å². The Bertz CT molecular complexity index is 1080. The Labute approximate surface area is 200 Å². The third-order valence-electron chi connectivity index (χ3n) is 5.34. The fraction of sp³-hybridized carbons (Fsp3) is 0.296. The molecule has 34 heavy (non-hydrogen) atoms. The highest BCUT2D eigenvalue weighted by Crippen LogP contribution is 2.40. The summed E-state index contributed by atoms with van der Waals surface area (Å²) in [7, 11) is 6.33. The molecule has 3 aromatic rings. The smallest absolute Gasteiger partial charge is 0.224 e. The van der Waals surface area contributed by atoms with Crippen molar-refractivity contribution in [3.63, 3.8) is 0 Å². The third kappa shape index (κ3) is 6.34. The van der Waals surface area contributed by atoms with Gasteiger partial charge in [-0.2, -0.15) is 0 Å². The van der Waals surface area contributed by atoms with Crippen LogP contribution in [-0.4, -0.2) is 40.9 Å². The number of hydrogen-bond acceptors (Lipinski definition) is 6.